The van der Waals surface area contributed by atoms with E-state index in [2.05, 4.69) is 0 Å². The SMILES string of the molecule is CCCCCC(C)CC(CC(C)CCCCC)(C(=O)O)C(C(=O)O)S(=O)(=O)O. The predicted molar refractivity (Wildman–Crippen MR) is 109 cm³/mol. The van der Waals surface area contributed by atoms with E-state index in [1.807, 2.05) is 27.7 Å². The van der Waals surface area contributed by atoms with Gasteiger partial charge in [-0.2, -0.15) is 8.42 Å². The zero-order valence-electron chi connectivity index (χ0n) is 17.7. The number of unbranched alkanes of at least 4 members (excludes halogenated alkanes) is 4. The fourth-order valence-electron chi connectivity index (χ4n) is 4.17. The quantitative estimate of drug-likeness (QED) is 0.245. The van der Waals surface area contributed by atoms with E-state index in [9.17, 15) is 32.8 Å². The summed E-state index contributed by atoms with van der Waals surface area (Å²) >= 11 is 0. The Bertz CT molecular complexity index is 567. The van der Waals surface area contributed by atoms with Crippen molar-refractivity contribution in [3.05, 3.63) is 0 Å². The molecule has 0 rings (SSSR count). The highest BCUT2D eigenvalue weighted by Gasteiger charge is 2.56. The van der Waals surface area contributed by atoms with E-state index in [1.54, 1.807) is 0 Å². The number of hydrogen-bond acceptors (Lipinski definition) is 4. The molecular formula is C20H38O7S. The lowest BCUT2D eigenvalue weighted by molar-refractivity contribution is -0.158. The van der Waals surface area contributed by atoms with Crippen LogP contribution in [0.3, 0.4) is 0 Å². The first kappa shape index (κ1) is 26.9. The van der Waals surface area contributed by atoms with E-state index in [-0.39, 0.29) is 24.7 Å². The lowest BCUT2D eigenvalue weighted by atomic mass is 9.69. The maximum atomic E-state index is 12.3. The van der Waals surface area contributed by atoms with Crippen LogP contribution >= 0.6 is 0 Å². The molecule has 0 aliphatic carbocycles. The number of rotatable bonds is 16. The Labute approximate surface area is 169 Å². The Balaban J connectivity index is 5.91. The van der Waals surface area contributed by atoms with Gasteiger partial charge in [0.15, 0.2) is 5.25 Å². The predicted octanol–water partition coefficient (Wildman–Crippen LogP) is 4.61. The molecule has 7 nitrogen and oxygen atoms in total. The molecule has 0 amide bonds. The lowest BCUT2D eigenvalue weighted by Crippen LogP contribution is -2.52. The van der Waals surface area contributed by atoms with Crippen LogP contribution in [0.2, 0.25) is 0 Å². The summed E-state index contributed by atoms with van der Waals surface area (Å²) < 4.78 is 33.5. The smallest absolute Gasteiger partial charge is 0.325 e. The van der Waals surface area contributed by atoms with Gasteiger partial charge in [-0.25, -0.2) is 0 Å². The van der Waals surface area contributed by atoms with Crippen LogP contribution in [0, 0.1) is 17.3 Å². The van der Waals surface area contributed by atoms with Crippen molar-refractivity contribution < 1.29 is 32.8 Å². The van der Waals surface area contributed by atoms with Crippen LogP contribution in [-0.2, 0) is 19.7 Å². The standard InChI is InChI=1S/C20H38O7S/c1-5-7-9-11-15(3)13-20(19(23)24,14-16(4)12-10-8-6-2)17(18(21)22)28(25,26)27/h15-17H,5-14H2,1-4H3,(H,21,22)(H,23,24)(H,25,26,27). The van der Waals surface area contributed by atoms with Gasteiger partial charge in [0.1, 0.15) is 0 Å². The van der Waals surface area contributed by atoms with Crippen molar-refractivity contribution in [2.24, 2.45) is 17.3 Å². The first-order valence-electron chi connectivity index (χ1n) is 10.3. The number of carboxylic acid groups (broad SMARTS) is 2. The minimum atomic E-state index is -5.09. The summed E-state index contributed by atoms with van der Waals surface area (Å²) in [7, 11) is -5.09. The Morgan fingerprint density at radius 1 is 0.857 bits per heavy atom. The third-order valence-corrected chi connectivity index (χ3v) is 6.72. The van der Waals surface area contributed by atoms with Crippen molar-refractivity contribution in [3.63, 3.8) is 0 Å². The number of carboxylic acids is 2. The van der Waals surface area contributed by atoms with Crippen LogP contribution in [-0.4, -0.2) is 40.4 Å². The van der Waals surface area contributed by atoms with E-state index in [1.165, 1.54) is 0 Å². The lowest BCUT2D eigenvalue weighted by Gasteiger charge is -2.37. The summed E-state index contributed by atoms with van der Waals surface area (Å²) in [5.74, 6) is -3.63. The third-order valence-electron chi connectivity index (χ3n) is 5.48. The van der Waals surface area contributed by atoms with E-state index < -0.39 is 32.7 Å². The first-order valence-corrected chi connectivity index (χ1v) is 11.8. The minimum Gasteiger partial charge on any atom is -0.481 e. The topological polar surface area (TPSA) is 129 Å². The number of carbonyl (C=O) groups is 2. The fourth-order valence-corrected chi connectivity index (χ4v) is 5.28. The summed E-state index contributed by atoms with van der Waals surface area (Å²) in [5.41, 5.74) is -2.06. The van der Waals surface area contributed by atoms with Gasteiger partial charge in [-0.1, -0.05) is 79.1 Å². The molecule has 3 N–H and O–H groups in total. The second kappa shape index (κ2) is 12.4. The Kier molecular flexibility index (Phi) is 11.9. The van der Waals surface area contributed by atoms with E-state index in [0.717, 1.165) is 38.5 Å². The zero-order chi connectivity index (χ0) is 22.0. The van der Waals surface area contributed by atoms with Crippen LogP contribution in [0.4, 0.5) is 0 Å². The van der Waals surface area contributed by atoms with E-state index >= 15 is 0 Å². The molecule has 0 saturated carbocycles. The molecule has 0 heterocycles. The molecule has 0 aromatic heterocycles. The normalized spacial score (nSPS) is 17.5. The maximum Gasteiger partial charge on any atom is 0.325 e. The molecule has 8 heteroatoms. The summed E-state index contributed by atoms with van der Waals surface area (Å²) in [6, 6.07) is 0. The van der Waals surface area contributed by atoms with Crippen molar-refractivity contribution in [1.29, 1.82) is 0 Å². The highest BCUT2D eigenvalue weighted by atomic mass is 32.2. The third kappa shape index (κ3) is 8.47. The molecule has 0 aliphatic rings. The monoisotopic (exact) mass is 422 g/mol. The molecular weight excluding hydrogens is 384 g/mol. The number of hydrogen-bond donors (Lipinski definition) is 3. The molecule has 0 fully saturated rings. The van der Waals surface area contributed by atoms with Gasteiger partial charge in [-0.15, -0.1) is 0 Å². The molecule has 0 saturated heterocycles. The highest BCUT2D eigenvalue weighted by Crippen LogP contribution is 2.43. The molecule has 0 spiro atoms. The summed E-state index contributed by atoms with van der Waals surface area (Å²) in [6.07, 6.45) is 6.84. The molecule has 0 radical (unpaired) electrons. The summed E-state index contributed by atoms with van der Waals surface area (Å²) in [5, 5.41) is 17.2. The van der Waals surface area contributed by atoms with Gasteiger partial charge >= 0.3 is 11.9 Å². The van der Waals surface area contributed by atoms with Crippen LogP contribution in [0.15, 0.2) is 0 Å². The Morgan fingerprint density at radius 2 is 1.25 bits per heavy atom. The van der Waals surface area contributed by atoms with Gasteiger partial charge in [0.05, 0.1) is 5.41 Å². The fraction of sp³-hybridized carbons (Fsp3) is 0.900. The average Bonchev–Trinajstić information content (AvgIpc) is 2.53. The highest BCUT2D eigenvalue weighted by molar-refractivity contribution is 7.87. The van der Waals surface area contributed by atoms with Crippen molar-refractivity contribution in [2.45, 2.75) is 97.2 Å². The van der Waals surface area contributed by atoms with Crippen LogP contribution in [0.1, 0.15) is 91.9 Å². The largest absolute Gasteiger partial charge is 0.481 e. The van der Waals surface area contributed by atoms with Crippen LogP contribution in [0.5, 0.6) is 0 Å². The Hall–Kier alpha value is -1.15. The van der Waals surface area contributed by atoms with Crippen LogP contribution in [0.25, 0.3) is 0 Å². The molecule has 0 aromatic carbocycles. The molecule has 3 atom stereocenters. The molecule has 0 aromatic rings. The molecule has 0 bridgehead atoms. The van der Waals surface area contributed by atoms with Gasteiger partial charge in [0.2, 0.25) is 0 Å². The zero-order valence-corrected chi connectivity index (χ0v) is 18.5. The minimum absolute atomic E-state index is 0.0963. The number of aliphatic carboxylic acids is 2. The van der Waals surface area contributed by atoms with E-state index in [4.69, 9.17) is 0 Å². The van der Waals surface area contributed by atoms with Crippen molar-refractivity contribution in [2.75, 3.05) is 0 Å². The van der Waals surface area contributed by atoms with Crippen LogP contribution < -0.4 is 0 Å². The van der Waals surface area contributed by atoms with Gasteiger partial charge in [0, 0.05) is 0 Å². The van der Waals surface area contributed by atoms with E-state index in [0.29, 0.717) is 12.8 Å². The van der Waals surface area contributed by atoms with Gasteiger partial charge in [-0.3, -0.25) is 14.1 Å². The average molecular weight is 423 g/mol. The van der Waals surface area contributed by atoms with Crippen molar-refractivity contribution >= 4 is 22.1 Å². The first-order chi connectivity index (χ1) is 12.9. The summed E-state index contributed by atoms with van der Waals surface area (Å²) in [4.78, 5) is 24.1. The Morgan fingerprint density at radius 3 is 1.50 bits per heavy atom. The molecule has 166 valence electrons. The maximum absolute atomic E-state index is 12.3. The van der Waals surface area contributed by atoms with Gasteiger partial charge in [0.25, 0.3) is 10.1 Å². The van der Waals surface area contributed by atoms with Gasteiger partial charge in [-0.05, 0) is 24.7 Å². The van der Waals surface area contributed by atoms with Crippen molar-refractivity contribution in [3.8, 4) is 0 Å². The molecule has 28 heavy (non-hydrogen) atoms. The van der Waals surface area contributed by atoms with Gasteiger partial charge < -0.3 is 10.2 Å². The second-order valence-electron chi connectivity index (χ2n) is 8.30. The summed E-state index contributed by atoms with van der Waals surface area (Å²) in [6.45, 7) is 7.72. The molecule has 0 aliphatic heterocycles. The second-order valence-corrected chi connectivity index (χ2v) is 9.81. The van der Waals surface area contributed by atoms with Crippen molar-refractivity contribution in [1.82, 2.24) is 0 Å². The molecule has 3 unspecified atom stereocenters.